The molecule has 5 rings (SSSR count). The van der Waals surface area contributed by atoms with Gasteiger partial charge < -0.3 is 19.4 Å². The van der Waals surface area contributed by atoms with Gasteiger partial charge in [0.2, 0.25) is 0 Å². The summed E-state index contributed by atoms with van der Waals surface area (Å²) < 4.78 is 27.1. The van der Waals surface area contributed by atoms with E-state index in [9.17, 15) is 4.39 Å². The summed E-state index contributed by atoms with van der Waals surface area (Å²) >= 11 is 9.04. The number of halogens is 2. The largest absolute Gasteiger partial charge is 0.495 e. The second kappa shape index (κ2) is 8.96. The van der Waals surface area contributed by atoms with Gasteiger partial charge in [0.25, 0.3) is 0 Å². The van der Waals surface area contributed by atoms with Crippen LogP contribution in [0.3, 0.4) is 0 Å². The van der Waals surface area contributed by atoms with Gasteiger partial charge in [0, 0.05) is 10.7 Å². The first-order valence-corrected chi connectivity index (χ1v) is 11.5. The summed E-state index contributed by atoms with van der Waals surface area (Å²) in [6.45, 7) is 0. The third-order valence-electron chi connectivity index (χ3n) is 5.56. The molecular formula is C25H19BrFN3O2S. The summed E-state index contributed by atoms with van der Waals surface area (Å²) in [7, 11) is 1.62. The smallest absolute Gasteiger partial charge is 0.174 e. The second-order valence-corrected chi connectivity index (χ2v) is 8.80. The lowest BCUT2D eigenvalue weighted by Crippen LogP contribution is -2.29. The minimum atomic E-state index is -0.367. The van der Waals surface area contributed by atoms with Crippen molar-refractivity contribution in [3.63, 3.8) is 0 Å². The molecule has 4 aromatic rings. The Labute approximate surface area is 204 Å². The summed E-state index contributed by atoms with van der Waals surface area (Å²) in [4.78, 5) is 6.51. The monoisotopic (exact) mass is 523 g/mol. The van der Waals surface area contributed by atoms with Gasteiger partial charge in [-0.3, -0.25) is 4.98 Å². The summed E-state index contributed by atoms with van der Waals surface area (Å²) in [5.41, 5.74) is 2.00. The molecule has 2 aromatic heterocycles. The van der Waals surface area contributed by atoms with E-state index in [4.69, 9.17) is 21.4 Å². The molecule has 2 atom stereocenters. The van der Waals surface area contributed by atoms with Crippen LogP contribution in [0.4, 0.5) is 10.1 Å². The molecule has 0 spiro atoms. The van der Waals surface area contributed by atoms with Crippen molar-refractivity contribution in [2.75, 3.05) is 12.0 Å². The molecule has 8 heteroatoms. The number of pyridine rings is 1. The number of rotatable bonds is 5. The molecule has 2 aromatic carbocycles. The van der Waals surface area contributed by atoms with Gasteiger partial charge in [-0.2, -0.15) is 0 Å². The zero-order valence-electron chi connectivity index (χ0n) is 17.5. The molecule has 1 saturated heterocycles. The highest BCUT2D eigenvalue weighted by atomic mass is 79.9. The van der Waals surface area contributed by atoms with E-state index in [0.717, 1.165) is 11.4 Å². The Hall–Kier alpha value is -3.23. The van der Waals surface area contributed by atoms with Gasteiger partial charge >= 0.3 is 0 Å². The maximum absolute atomic E-state index is 14.6. The zero-order chi connectivity index (χ0) is 22.9. The van der Waals surface area contributed by atoms with E-state index in [-0.39, 0.29) is 17.9 Å². The Morgan fingerprint density at radius 2 is 1.91 bits per heavy atom. The first-order valence-electron chi connectivity index (χ1n) is 10.3. The fourth-order valence-electron chi connectivity index (χ4n) is 4.08. The van der Waals surface area contributed by atoms with Gasteiger partial charge in [0.05, 0.1) is 30.1 Å². The standard InChI is InChI=1S/C25H19BrFN3O2S/c1-31-21-8-3-2-7-19(21)30-24(23(29-25(30)33)18-6-4-5-13-28-18)22-12-11-20(32-22)16-10-9-15(26)14-17(16)27/h2-14,23-24H,1H3,(H,29,33)/t23-,24+/m1/s1. The number of hydrogen-bond donors (Lipinski definition) is 1. The van der Waals surface area contributed by atoms with Crippen LogP contribution in [0.5, 0.6) is 5.75 Å². The normalized spacial score (nSPS) is 17.8. The first kappa shape index (κ1) is 21.6. The van der Waals surface area contributed by atoms with Gasteiger partial charge in [-0.05, 0) is 66.8 Å². The molecule has 0 saturated carbocycles. The molecule has 5 nitrogen and oxygen atoms in total. The lowest BCUT2D eigenvalue weighted by molar-refractivity contribution is 0.409. The average Bonchev–Trinajstić information content (AvgIpc) is 3.44. The molecule has 0 aliphatic carbocycles. The number of hydrogen-bond acceptors (Lipinski definition) is 4. The van der Waals surface area contributed by atoms with Crippen molar-refractivity contribution in [2.45, 2.75) is 12.1 Å². The Bertz CT molecular complexity index is 1310. The average molecular weight is 524 g/mol. The van der Waals surface area contributed by atoms with E-state index in [2.05, 4.69) is 26.2 Å². The molecule has 1 aliphatic rings. The van der Waals surface area contributed by atoms with Crippen molar-refractivity contribution < 1.29 is 13.5 Å². The molecule has 1 N–H and O–H groups in total. The first-order chi connectivity index (χ1) is 16.1. The van der Waals surface area contributed by atoms with E-state index >= 15 is 0 Å². The lowest BCUT2D eigenvalue weighted by atomic mass is 10.0. The number of para-hydroxylation sites is 2. The van der Waals surface area contributed by atoms with Gasteiger partial charge in [-0.1, -0.05) is 34.1 Å². The number of thiocarbonyl (C=S) groups is 1. The van der Waals surface area contributed by atoms with Crippen molar-refractivity contribution in [3.8, 4) is 17.1 Å². The molecule has 33 heavy (non-hydrogen) atoms. The Morgan fingerprint density at radius 3 is 2.67 bits per heavy atom. The number of benzene rings is 2. The second-order valence-electron chi connectivity index (χ2n) is 7.49. The molecule has 166 valence electrons. The number of nitrogens with zero attached hydrogens (tertiary/aromatic N) is 2. The van der Waals surface area contributed by atoms with Crippen molar-refractivity contribution in [1.29, 1.82) is 0 Å². The van der Waals surface area contributed by atoms with Crippen LogP contribution in [-0.2, 0) is 0 Å². The van der Waals surface area contributed by atoms with Crippen LogP contribution in [0.15, 0.2) is 87.9 Å². The minimum absolute atomic E-state index is 0.280. The minimum Gasteiger partial charge on any atom is -0.495 e. The maximum atomic E-state index is 14.6. The molecule has 0 unspecified atom stereocenters. The quantitative estimate of drug-likeness (QED) is 0.304. The Kier molecular flexibility index (Phi) is 5.86. The van der Waals surface area contributed by atoms with E-state index in [1.807, 2.05) is 53.4 Å². The Balaban J connectivity index is 1.63. The lowest BCUT2D eigenvalue weighted by Gasteiger charge is -2.27. The van der Waals surface area contributed by atoms with Crippen molar-refractivity contribution in [3.05, 3.63) is 101 Å². The van der Waals surface area contributed by atoms with E-state index < -0.39 is 0 Å². The highest BCUT2D eigenvalue weighted by Gasteiger charge is 2.43. The number of aromatic nitrogens is 1. The fourth-order valence-corrected chi connectivity index (χ4v) is 4.75. The van der Waals surface area contributed by atoms with E-state index in [0.29, 0.717) is 32.4 Å². The predicted molar refractivity (Wildman–Crippen MR) is 133 cm³/mol. The van der Waals surface area contributed by atoms with Crippen molar-refractivity contribution in [2.24, 2.45) is 0 Å². The van der Waals surface area contributed by atoms with Gasteiger partial charge in [0.15, 0.2) is 5.11 Å². The number of furan rings is 1. The number of nitrogens with one attached hydrogen (secondary N) is 1. The molecule has 0 radical (unpaired) electrons. The van der Waals surface area contributed by atoms with Crippen LogP contribution in [0, 0.1) is 5.82 Å². The fraction of sp³-hybridized carbons (Fsp3) is 0.120. The summed E-state index contributed by atoms with van der Waals surface area (Å²) in [5, 5.41) is 3.91. The summed E-state index contributed by atoms with van der Waals surface area (Å²) in [5.74, 6) is 1.38. The van der Waals surface area contributed by atoms with Crippen molar-refractivity contribution >= 4 is 38.9 Å². The van der Waals surface area contributed by atoms with Crippen LogP contribution >= 0.6 is 28.1 Å². The zero-order valence-corrected chi connectivity index (χ0v) is 19.9. The molecule has 3 heterocycles. The van der Waals surface area contributed by atoms with Gasteiger partial charge in [-0.25, -0.2) is 4.39 Å². The third kappa shape index (κ3) is 4.00. The molecule has 0 amide bonds. The van der Waals surface area contributed by atoms with Gasteiger partial charge in [0.1, 0.15) is 29.1 Å². The third-order valence-corrected chi connectivity index (χ3v) is 6.37. The van der Waals surface area contributed by atoms with E-state index in [1.165, 1.54) is 6.07 Å². The SMILES string of the molecule is COc1ccccc1N1C(=S)N[C@H](c2ccccn2)[C@@H]1c1ccc(-c2ccc(Br)cc2F)o1. The topological polar surface area (TPSA) is 50.5 Å². The summed E-state index contributed by atoms with van der Waals surface area (Å²) in [6, 6.07) is 21.3. The highest BCUT2D eigenvalue weighted by molar-refractivity contribution is 9.10. The predicted octanol–water partition coefficient (Wildman–Crippen LogP) is 6.43. The molecular weight excluding hydrogens is 505 g/mol. The van der Waals surface area contributed by atoms with Crippen LogP contribution in [0.1, 0.15) is 23.5 Å². The Morgan fingerprint density at radius 1 is 1.09 bits per heavy atom. The number of anilines is 1. The number of methoxy groups -OCH3 is 1. The maximum Gasteiger partial charge on any atom is 0.174 e. The summed E-state index contributed by atoms with van der Waals surface area (Å²) in [6.07, 6.45) is 1.74. The van der Waals surface area contributed by atoms with Crippen LogP contribution in [-0.4, -0.2) is 17.2 Å². The van der Waals surface area contributed by atoms with Crippen LogP contribution < -0.4 is 15.0 Å². The van der Waals surface area contributed by atoms with Crippen LogP contribution in [0.25, 0.3) is 11.3 Å². The number of ether oxygens (including phenoxy) is 1. The van der Waals surface area contributed by atoms with Crippen molar-refractivity contribution in [1.82, 2.24) is 10.3 Å². The molecule has 0 bridgehead atoms. The van der Waals surface area contributed by atoms with E-state index in [1.54, 1.807) is 31.5 Å². The van der Waals surface area contributed by atoms with Gasteiger partial charge in [-0.15, -0.1) is 0 Å². The molecule has 1 fully saturated rings. The highest BCUT2D eigenvalue weighted by Crippen LogP contribution is 2.45. The molecule has 1 aliphatic heterocycles. The van der Waals surface area contributed by atoms with Crippen LogP contribution in [0.2, 0.25) is 0 Å².